The molecule has 1 amide bonds. The summed E-state index contributed by atoms with van der Waals surface area (Å²) in [5.41, 5.74) is 2.69. The first-order valence-corrected chi connectivity index (χ1v) is 9.68. The van der Waals surface area contributed by atoms with Crippen LogP contribution in [-0.2, 0) is 4.74 Å². The minimum Gasteiger partial charge on any atom is -0.380 e. The smallest absolute Gasteiger partial charge is 0.259 e. The number of anilines is 2. The molecular weight excluding hydrogens is 371 g/mol. The Kier molecular flexibility index (Phi) is 5.57. The molecule has 0 aliphatic carbocycles. The summed E-state index contributed by atoms with van der Waals surface area (Å²) in [4.78, 5) is 12.7. The van der Waals surface area contributed by atoms with Crippen molar-refractivity contribution in [3.63, 3.8) is 0 Å². The van der Waals surface area contributed by atoms with Gasteiger partial charge in [-0.15, -0.1) is 0 Å². The van der Waals surface area contributed by atoms with Crippen molar-refractivity contribution >= 4 is 17.3 Å². The van der Waals surface area contributed by atoms with Gasteiger partial charge in [0.2, 0.25) is 0 Å². The van der Waals surface area contributed by atoms with Crippen molar-refractivity contribution in [2.24, 2.45) is 0 Å². The largest absolute Gasteiger partial charge is 0.380 e. The zero-order chi connectivity index (χ0) is 20.2. The fraction of sp³-hybridized carbons (Fsp3) is 0.273. The van der Waals surface area contributed by atoms with Crippen molar-refractivity contribution in [1.29, 1.82) is 0 Å². The Balaban J connectivity index is 1.43. The maximum atomic E-state index is 14.4. The summed E-state index contributed by atoms with van der Waals surface area (Å²) in [5.74, 6) is -0.748. The van der Waals surface area contributed by atoms with Gasteiger partial charge in [-0.3, -0.25) is 4.79 Å². The Bertz CT molecular complexity index is 997. The maximum absolute atomic E-state index is 14.4. The van der Waals surface area contributed by atoms with E-state index < -0.39 is 5.82 Å². The average molecular weight is 394 g/mol. The number of aryl methyl sites for hydroxylation is 1. The van der Waals surface area contributed by atoms with Crippen molar-refractivity contribution < 1.29 is 13.9 Å². The number of benzene rings is 2. The van der Waals surface area contributed by atoms with Crippen molar-refractivity contribution in [2.75, 3.05) is 23.8 Å². The zero-order valence-corrected chi connectivity index (χ0v) is 16.2. The highest BCUT2D eigenvalue weighted by molar-refractivity contribution is 6.05. The van der Waals surface area contributed by atoms with Gasteiger partial charge in [0.05, 0.1) is 28.7 Å². The van der Waals surface area contributed by atoms with E-state index in [0.717, 1.165) is 25.1 Å². The molecule has 7 heteroatoms. The molecule has 1 aromatic heterocycles. The number of hydrogen-bond donors (Lipinski definition) is 2. The molecule has 1 atom stereocenters. The lowest BCUT2D eigenvalue weighted by atomic mass is 10.2. The van der Waals surface area contributed by atoms with Gasteiger partial charge in [-0.25, -0.2) is 9.07 Å². The Morgan fingerprint density at radius 2 is 2.10 bits per heavy atom. The number of hydrogen-bond acceptors (Lipinski definition) is 4. The zero-order valence-electron chi connectivity index (χ0n) is 16.2. The first-order valence-electron chi connectivity index (χ1n) is 9.68. The SMILES string of the molecule is Cc1nn(-c2ccccc2)cc1C(=O)Nc1ccc(NC[C@@H]2CCCO2)c(F)c1. The van der Waals surface area contributed by atoms with Gasteiger partial charge in [0.1, 0.15) is 5.82 Å². The summed E-state index contributed by atoms with van der Waals surface area (Å²) in [6.45, 7) is 3.10. The van der Waals surface area contributed by atoms with Gasteiger partial charge < -0.3 is 15.4 Å². The van der Waals surface area contributed by atoms with Gasteiger partial charge in [0.25, 0.3) is 5.91 Å². The second kappa shape index (κ2) is 8.45. The molecule has 3 aromatic rings. The van der Waals surface area contributed by atoms with E-state index in [1.807, 2.05) is 30.3 Å². The molecule has 1 fully saturated rings. The van der Waals surface area contributed by atoms with E-state index in [1.54, 1.807) is 29.9 Å². The van der Waals surface area contributed by atoms with E-state index in [2.05, 4.69) is 15.7 Å². The number of rotatable bonds is 6. The predicted octanol–water partition coefficient (Wildman–Crippen LogP) is 4.16. The van der Waals surface area contributed by atoms with E-state index >= 15 is 0 Å². The second-order valence-electron chi connectivity index (χ2n) is 7.07. The van der Waals surface area contributed by atoms with E-state index in [9.17, 15) is 9.18 Å². The molecule has 4 rings (SSSR count). The fourth-order valence-electron chi connectivity index (χ4n) is 3.36. The quantitative estimate of drug-likeness (QED) is 0.659. The first kappa shape index (κ1) is 19.1. The van der Waals surface area contributed by atoms with E-state index in [1.165, 1.54) is 6.07 Å². The van der Waals surface area contributed by atoms with Crippen molar-refractivity contribution in [2.45, 2.75) is 25.9 Å². The standard InChI is InChI=1S/C22H23FN4O2/c1-15-19(14-27(26-15)17-6-3-2-4-7-17)22(28)25-16-9-10-21(20(23)12-16)24-13-18-8-5-11-29-18/h2-4,6-7,9-10,12,14,18,24H,5,8,11,13H2,1H3,(H,25,28)/t18-/m0/s1. The predicted molar refractivity (Wildman–Crippen MR) is 110 cm³/mol. The topological polar surface area (TPSA) is 68.2 Å². The van der Waals surface area contributed by atoms with Gasteiger partial charge >= 0.3 is 0 Å². The number of nitrogens with one attached hydrogen (secondary N) is 2. The first-order chi connectivity index (χ1) is 14.1. The van der Waals surface area contributed by atoms with Crippen LogP contribution >= 0.6 is 0 Å². The number of amides is 1. The Morgan fingerprint density at radius 3 is 2.83 bits per heavy atom. The Labute approximate surface area is 168 Å². The summed E-state index contributed by atoms with van der Waals surface area (Å²) < 4.78 is 21.6. The molecule has 6 nitrogen and oxygen atoms in total. The van der Waals surface area contributed by atoms with E-state index in [-0.39, 0.29) is 12.0 Å². The van der Waals surface area contributed by atoms with Gasteiger partial charge in [-0.1, -0.05) is 18.2 Å². The third-order valence-corrected chi connectivity index (χ3v) is 4.94. The molecule has 1 aliphatic rings. The molecule has 2 N–H and O–H groups in total. The third-order valence-electron chi connectivity index (χ3n) is 4.94. The highest BCUT2D eigenvalue weighted by Crippen LogP contribution is 2.21. The van der Waals surface area contributed by atoms with Gasteiger partial charge in [0, 0.05) is 25.0 Å². The minimum absolute atomic E-state index is 0.123. The van der Waals surface area contributed by atoms with Gasteiger partial charge in [0.15, 0.2) is 0 Å². The number of ether oxygens (including phenoxy) is 1. The number of carbonyl (C=O) groups excluding carboxylic acids is 1. The molecule has 1 aliphatic heterocycles. The van der Waals surface area contributed by atoms with Crippen LogP contribution in [0.25, 0.3) is 5.69 Å². The van der Waals surface area contributed by atoms with Crippen LogP contribution in [0.5, 0.6) is 0 Å². The van der Waals surface area contributed by atoms with Crippen molar-refractivity contribution in [3.05, 3.63) is 71.8 Å². The highest BCUT2D eigenvalue weighted by Gasteiger charge is 2.17. The number of nitrogens with zero attached hydrogens (tertiary/aromatic N) is 2. The number of carbonyl (C=O) groups is 1. The lowest BCUT2D eigenvalue weighted by molar-refractivity contribution is 0.102. The Morgan fingerprint density at radius 1 is 1.28 bits per heavy atom. The monoisotopic (exact) mass is 394 g/mol. The lowest BCUT2D eigenvalue weighted by Gasteiger charge is -2.13. The normalized spacial score (nSPS) is 16.0. The second-order valence-corrected chi connectivity index (χ2v) is 7.07. The number of aromatic nitrogens is 2. The summed E-state index contributed by atoms with van der Waals surface area (Å²) in [6, 6.07) is 14.2. The van der Waals surface area contributed by atoms with Crippen LogP contribution in [0, 0.1) is 12.7 Å². The molecule has 29 heavy (non-hydrogen) atoms. The van der Waals surface area contributed by atoms with E-state index in [0.29, 0.717) is 29.2 Å². The minimum atomic E-state index is -0.419. The molecule has 0 spiro atoms. The average Bonchev–Trinajstić information content (AvgIpc) is 3.38. The summed E-state index contributed by atoms with van der Waals surface area (Å²) in [6.07, 6.45) is 3.82. The van der Waals surface area contributed by atoms with Crippen LogP contribution < -0.4 is 10.6 Å². The van der Waals surface area contributed by atoms with E-state index in [4.69, 9.17) is 4.74 Å². The maximum Gasteiger partial charge on any atom is 0.259 e. The molecule has 2 aromatic carbocycles. The third kappa shape index (κ3) is 4.46. The van der Waals surface area contributed by atoms with Gasteiger partial charge in [-0.05, 0) is 50.1 Å². The molecule has 0 bridgehead atoms. The number of para-hydroxylation sites is 1. The van der Waals surface area contributed by atoms with Crippen LogP contribution in [0.15, 0.2) is 54.7 Å². The molecule has 1 saturated heterocycles. The molecular formula is C22H23FN4O2. The van der Waals surface area contributed by atoms with Crippen molar-refractivity contribution in [3.8, 4) is 5.69 Å². The fourth-order valence-corrected chi connectivity index (χ4v) is 3.36. The van der Waals surface area contributed by atoms with Crippen LogP contribution in [0.1, 0.15) is 28.9 Å². The van der Waals surface area contributed by atoms with Crippen molar-refractivity contribution in [1.82, 2.24) is 9.78 Å². The summed E-state index contributed by atoms with van der Waals surface area (Å²) >= 11 is 0. The number of halogens is 1. The summed E-state index contributed by atoms with van der Waals surface area (Å²) in [5, 5.41) is 10.2. The van der Waals surface area contributed by atoms with Crippen LogP contribution in [0.3, 0.4) is 0 Å². The van der Waals surface area contributed by atoms with Crippen LogP contribution in [-0.4, -0.2) is 34.9 Å². The molecule has 2 heterocycles. The van der Waals surface area contributed by atoms with Crippen LogP contribution in [0.2, 0.25) is 0 Å². The Hall–Kier alpha value is -3.19. The molecule has 150 valence electrons. The molecule has 0 unspecified atom stereocenters. The highest BCUT2D eigenvalue weighted by atomic mass is 19.1. The molecule has 0 radical (unpaired) electrons. The van der Waals surface area contributed by atoms with Crippen LogP contribution in [0.4, 0.5) is 15.8 Å². The summed E-state index contributed by atoms with van der Waals surface area (Å²) in [7, 11) is 0. The molecule has 0 saturated carbocycles. The lowest BCUT2D eigenvalue weighted by Crippen LogP contribution is -2.19. The van der Waals surface area contributed by atoms with Gasteiger partial charge in [-0.2, -0.15) is 5.10 Å².